The van der Waals surface area contributed by atoms with Gasteiger partial charge < -0.3 is 9.88 Å². The molecule has 0 saturated heterocycles. The third kappa shape index (κ3) is 3.97. The number of hydrogen-bond acceptors (Lipinski definition) is 4. The summed E-state index contributed by atoms with van der Waals surface area (Å²) in [4.78, 5) is 24.7. The number of nitrogens with zero attached hydrogens (tertiary/aromatic N) is 4. The highest BCUT2D eigenvalue weighted by Crippen LogP contribution is 2.15. The lowest BCUT2D eigenvalue weighted by molar-refractivity contribution is -0.120. The van der Waals surface area contributed by atoms with E-state index >= 15 is 0 Å². The van der Waals surface area contributed by atoms with Crippen LogP contribution in [0.15, 0.2) is 55.1 Å². The highest BCUT2D eigenvalue weighted by atomic mass is 35.5. The SMILES string of the molecule is O=C(Cc1ccccc1Cl)NCCn1ccnc1-c1ncccn1. The maximum Gasteiger partial charge on any atom is 0.224 e. The second-order valence-corrected chi connectivity index (χ2v) is 5.54. The van der Waals surface area contributed by atoms with Gasteiger partial charge in [0, 0.05) is 42.9 Å². The number of benzene rings is 1. The van der Waals surface area contributed by atoms with E-state index < -0.39 is 0 Å². The molecule has 7 heteroatoms. The van der Waals surface area contributed by atoms with Crippen molar-refractivity contribution in [2.24, 2.45) is 0 Å². The number of aromatic nitrogens is 4. The Morgan fingerprint density at radius 2 is 1.88 bits per heavy atom. The zero-order chi connectivity index (χ0) is 16.8. The molecule has 0 unspecified atom stereocenters. The van der Waals surface area contributed by atoms with Gasteiger partial charge in [0.15, 0.2) is 11.6 Å². The Hall–Kier alpha value is -2.73. The van der Waals surface area contributed by atoms with Gasteiger partial charge in [-0.2, -0.15) is 0 Å². The number of amides is 1. The molecular weight excluding hydrogens is 326 g/mol. The Morgan fingerprint density at radius 1 is 1.08 bits per heavy atom. The first kappa shape index (κ1) is 16.1. The van der Waals surface area contributed by atoms with Crippen LogP contribution >= 0.6 is 11.6 Å². The molecule has 0 saturated carbocycles. The summed E-state index contributed by atoms with van der Waals surface area (Å²) in [5, 5.41) is 3.49. The first-order valence-electron chi connectivity index (χ1n) is 7.52. The summed E-state index contributed by atoms with van der Waals surface area (Å²) in [7, 11) is 0. The van der Waals surface area contributed by atoms with Crippen LogP contribution in [-0.2, 0) is 17.8 Å². The highest BCUT2D eigenvalue weighted by molar-refractivity contribution is 6.31. The van der Waals surface area contributed by atoms with Crippen molar-refractivity contribution in [2.45, 2.75) is 13.0 Å². The maximum atomic E-state index is 12.0. The molecule has 0 aliphatic carbocycles. The molecule has 24 heavy (non-hydrogen) atoms. The van der Waals surface area contributed by atoms with E-state index in [4.69, 9.17) is 11.6 Å². The smallest absolute Gasteiger partial charge is 0.224 e. The Kier molecular flexibility index (Phi) is 5.18. The van der Waals surface area contributed by atoms with Crippen LogP contribution in [0.4, 0.5) is 0 Å². The molecule has 0 spiro atoms. The molecular formula is C17H16ClN5O. The van der Waals surface area contributed by atoms with Crippen LogP contribution in [0.5, 0.6) is 0 Å². The molecule has 0 radical (unpaired) electrons. The van der Waals surface area contributed by atoms with Gasteiger partial charge in [-0.3, -0.25) is 4.79 Å². The van der Waals surface area contributed by atoms with E-state index in [2.05, 4.69) is 20.3 Å². The molecule has 3 aromatic rings. The molecule has 1 aromatic carbocycles. The van der Waals surface area contributed by atoms with Crippen LogP contribution in [0.3, 0.4) is 0 Å². The zero-order valence-electron chi connectivity index (χ0n) is 12.9. The first-order chi connectivity index (χ1) is 11.7. The molecule has 0 aliphatic heterocycles. The predicted octanol–water partition coefficient (Wildman–Crippen LogP) is 2.35. The van der Waals surface area contributed by atoms with Gasteiger partial charge in [-0.25, -0.2) is 15.0 Å². The quantitative estimate of drug-likeness (QED) is 0.747. The lowest BCUT2D eigenvalue weighted by Gasteiger charge is -2.09. The fourth-order valence-corrected chi connectivity index (χ4v) is 2.51. The maximum absolute atomic E-state index is 12.0. The van der Waals surface area contributed by atoms with E-state index in [-0.39, 0.29) is 12.3 Å². The molecule has 0 bridgehead atoms. The van der Waals surface area contributed by atoms with E-state index in [0.29, 0.717) is 29.8 Å². The molecule has 6 nitrogen and oxygen atoms in total. The van der Waals surface area contributed by atoms with Crippen molar-refractivity contribution in [3.63, 3.8) is 0 Å². The summed E-state index contributed by atoms with van der Waals surface area (Å²) in [6, 6.07) is 9.10. The Morgan fingerprint density at radius 3 is 2.67 bits per heavy atom. The van der Waals surface area contributed by atoms with Gasteiger partial charge in [0.1, 0.15) is 0 Å². The number of carbonyl (C=O) groups is 1. The normalized spacial score (nSPS) is 10.5. The monoisotopic (exact) mass is 341 g/mol. The standard InChI is InChI=1S/C17H16ClN5O/c18-14-5-2-1-4-13(14)12-15(24)19-8-10-23-11-9-22-17(23)16-20-6-3-7-21-16/h1-7,9,11H,8,10,12H2,(H,19,24). The van der Waals surface area contributed by atoms with Crippen molar-refractivity contribution in [1.82, 2.24) is 24.8 Å². The fourth-order valence-electron chi connectivity index (χ4n) is 2.30. The van der Waals surface area contributed by atoms with Gasteiger partial charge in [-0.1, -0.05) is 29.8 Å². The van der Waals surface area contributed by atoms with E-state index in [1.54, 1.807) is 30.7 Å². The third-order valence-electron chi connectivity index (χ3n) is 3.46. The van der Waals surface area contributed by atoms with Crippen LogP contribution in [0, 0.1) is 0 Å². The van der Waals surface area contributed by atoms with Crippen molar-refractivity contribution in [1.29, 1.82) is 0 Å². The van der Waals surface area contributed by atoms with Crippen LogP contribution in [0.25, 0.3) is 11.6 Å². The van der Waals surface area contributed by atoms with Gasteiger partial charge in [-0.05, 0) is 17.7 Å². The van der Waals surface area contributed by atoms with Gasteiger partial charge in [0.2, 0.25) is 5.91 Å². The molecule has 3 rings (SSSR count). The minimum absolute atomic E-state index is 0.0688. The van der Waals surface area contributed by atoms with Crippen LogP contribution < -0.4 is 5.32 Å². The second kappa shape index (κ2) is 7.70. The van der Waals surface area contributed by atoms with Gasteiger partial charge >= 0.3 is 0 Å². The second-order valence-electron chi connectivity index (χ2n) is 5.13. The Labute approximate surface area is 144 Å². The van der Waals surface area contributed by atoms with Gasteiger partial charge in [0.25, 0.3) is 0 Å². The summed E-state index contributed by atoms with van der Waals surface area (Å²) in [6.07, 6.45) is 7.14. The molecule has 122 valence electrons. The predicted molar refractivity (Wildman–Crippen MR) is 91.4 cm³/mol. The minimum atomic E-state index is -0.0688. The number of imidazole rings is 1. The largest absolute Gasteiger partial charge is 0.354 e. The Balaban J connectivity index is 1.55. The zero-order valence-corrected chi connectivity index (χ0v) is 13.6. The first-order valence-corrected chi connectivity index (χ1v) is 7.90. The van der Waals surface area contributed by atoms with Crippen molar-refractivity contribution in [2.75, 3.05) is 6.54 Å². The number of carbonyl (C=O) groups excluding carboxylic acids is 1. The van der Waals surface area contributed by atoms with Crippen LogP contribution in [0.2, 0.25) is 5.02 Å². The summed E-state index contributed by atoms with van der Waals surface area (Å²) in [6.45, 7) is 1.07. The van der Waals surface area contributed by atoms with Crippen molar-refractivity contribution in [3.8, 4) is 11.6 Å². The highest BCUT2D eigenvalue weighted by Gasteiger charge is 2.09. The van der Waals surface area contributed by atoms with Crippen molar-refractivity contribution < 1.29 is 4.79 Å². The molecule has 0 fully saturated rings. The molecule has 2 aromatic heterocycles. The van der Waals surface area contributed by atoms with Gasteiger partial charge in [-0.15, -0.1) is 0 Å². The summed E-state index contributed by atoms with van der Waals surface area (Å²) in [5.41, 5.74) is 0.817. The molecule has 1 N–H and O–H groups in total. The average molecular weight is 342 g/mol. The number of nitrogens with one attached hydrogen (secondary N) is 1. The van der Waals surface area contributed by atoms with E-state index in [1.165, 1.54) is 0 Å². The van der Waals surface area contributed by atoms with Crippen LogP contribution in [0.1, 0.15) is 5.56 Å². The number of halogens is 1. The summed E-state index contributed by atoms with van der Waals surface area (Å²) < 4.78 is 1.91. The third-order valence-corrected chi connectivity index (χ3v) is 3.83. The molecule has 0 atom stereocenters. The van der Waals surface area contributed by atoms with Crippen molar-refractivity contribution in [3.05, 3.63) is 65.7 Å². The topological polar surface area (TPSA) is 72.7 Å². The lowest BCUT2D eigenvalue weighted by atomic mass is 10.1. The molecule has 2 heterocycles. The van der Waals surface area contributed by atoms with E-state index in [0.717, 1.165) is 5.56 Å². The molecule has 0 aliphatic rings. The van der Waals surface area contributed by atoms with Crippen molar-refractivity contribution >= 4 is 17.5 Å². The Bertz CT molecular complexity index is 819. The van der Waals surface area contributed by atoms with E-state index in [1.807, 2.05) is 29.0 Å². The van der Waals surface area contributed by atoms with E-state index in [9.17, 15) is 4.79 Å². The van der Waals surface area contributed by atoms with Crippen LogP contribution in [-0.4, -0.2) is 32.0 Å². The number of hydrogen-bond donors (Lipinski definition) is 1. The van der Waals surface area contributed by atoms with Gasteiger partial charge in [0.05, 0.1) is 6.42 Å². The number of rotatable bonds is 6. The minimum Gasteiger partial charge on any atom is -0.354 e. The fraction of sp³-hybridized carbons (Fsp3) is 0.176. The average Bonchev–Trinajstić information content (AvgIpc) is 3.06. The lowest BCUT2D eigenvalue weighted by Crippen LogP contribution is -2.28. The summed E-state index contributed by atoms with van der Waals surface area (Å²) >= 11 is 6.07. The molecule has 1 amide bonds. The summed E-state index contributed by atoms with van der Waals surface area (Å²) in [5.74, 6) is 1.17.